The molecule has 5 heteroatoms. The number of hydrogen-bond donors (Lipinski definition) is 1. The molecule has 0 heterocycles. The van der Waals surface area contributed by atoms with Crippen LogP contribution in [0.1, 0.15) is 46.5 Å². The highest BCUT2D eigenvalue weighted by Crippen LogP contribution is 2.39. The maximum Gasteiger partial charge on any atom is 0.506 e. The van der Waals surface area contributed by atoms with E-state index in [1.165, 1.54) is 10.4 Å². The van der Waals surface area contributed by atoms with E-state index in [9.17, 15) is 4.79 Å². The maximum atomic E-state index is 11.0. The Morgan fingerprint density at radius 1 is 0.929 bits per heavy atom. The van der Waals surface area contributed by atoms with Gasteiger partial charge >= 0.3 is 6.16 Å². The molecule has 1 N–H and O–H groups in total. The van der Waals surface area contributed by atoms with Crippen LogP contribution < -0.4 is 10.4 Å². The smallest absolute Gasteiger partial charge is 0.450 e. The van der Waals surface area contributed by atoms with Crippen LogP contribution in [-0.2, 0) is 9.16 Å². The molecular weight excluding hydrogens is 368 g/mol. The van der Waals surface area contributed by atoms with E-state index in [1.54, 1.807) is 0 Å². The maximum absolute atomic E-state index is 11.0. The van der Waals surface area contributed by atoms with Crippen molar-refractivity contribution in [3.05, 3.63) is 60.7 Å². The lowest BCUT2D eigenvalue weighted by molar-refractivity contribution is 0.00504. The molecule has 28 heavy (non-hydrogen) atoms. The fraction of sp³-hybridized carbons (Fsp3) is 0.435. The summed E-state index contributed by atoms with van der Waals surface area (Å²) in [6, 6.07) is 21.1. The number of ether oxygens (including phenoxy) is 1. The van der Waals surface area contributed by atoms with Crippen molar-refractivity contribution >= 4 is 24.8 Å². The molecule has 1 saturated carbocycles. The topological polar surface area (TPSA) is 55.8 Å². The molecule has 1 aliphatic rings. The van der Waals surface area contributed by atoms with Crippen LogP contribution in [0.3, 0.4) is 0 Å². The van der Waals surface area contributed by atoms with E-state index in [-0.39, 0.29) is 17.2 Å². The van der Waals surface area contributed by atoms with Crippen LogP contribution in [0.4, 0.5) is 4.79 Å². The zero-order valence-corrected chi connectivity index (χ0v) is 17.9. The van der Waals surface area contributed by atoms with Crippen LogP contribution in [0.5, 0.6) is 0 Å². The monoisotopic (exact) mass is 398 g/mol. The fourth-order valence-electron chi connectivity index (χ4n) is 4.40. The average Bonchev–Trinajstić information content (AvgIpc) is 2.66. The van der Waals surface area contributed by atoms with E-state index in [4.69, 9.17) is 14.3 Å². The van der Waals surface area contributed by atoms with Crippen molar-refractivity contribution in [2.75, 3.05) is 0 Å². The summed E-state index contributed by atoms with van der Waals surface area (Å²) in [5.74, 6) is 0. The van der Waals surface area contributed by atoms with Crippen LogP contribution in [0, 0.1) is 0 Å². The van der Waals surface area contributed by atoms with E-state index >= 15 is 0 Å². The van der Waals surface area contributed by atoms with Crippen molar-refractivity contribution in [1.82, 2.24) is 0 Å². The molecule has 1 aliphatic carbocycles. The van der Waals surface area contributed by atoms with Gasteiger partial charge in [0.05, 0.1) is 0 Å². The van der Waals surface area contributed by atoms with Gasteiger partial charge < -0.3 is 14.3 Å². The Labute approximate surface area is 168 Å². The lowest BCUT2D eigenvalue weighted by Gasteiger charge is -2.46. The van der Waals surface area contributed by atoms with Gasteiger partial charge in [-0.2, -0.15) is 0 Å². The average molecular weight is 399 g/mol. The van der Waals surface area contributed by atoms with E-state index in [1.807, 2.05) is 12.1 Å². The van der Waals surface area contributed by atoms with Gasteiger partial charge in [0.1, 0.15) is 6.10 Å². The number of hydrogen-bond acceptors (Lipinski definition) is 3. The van der Waals surface area contributed by atoms with Gasteiger partial charge in [0.25, 0.3) is 8.32 Å². The van der Waals surface area contributed by atoms with E-state index < -0.39 is 14.5 Å². The van der Waals surface area contributed by atoms with Gasteiger partial charge in [0.15, 0.2) is 0 Å². The summed E-state index contributed by atoms with van der Waals surface area (Å²) in [5, 5.41) is 11.4. The van der Waals surface area contributed by atoms with Crippen molar-refractivity contribution in [1.29, 1.82) is 0 Å². The second-order valence-corrected chi connectivity index (χ2v) is 12.8. The molecule has 2 aromatic rings. The quantitative estimate of drug-likeness (QED) is 0.592. The van der Waals surface area contributed by atoms with Gasteiger partial charge in [-0.1, -0.05) is 81.4 Å². The summed E-state index contributed by atoms with van der Waals surface area (Å²) >= 11 is 0. The zero-order valence-electron chi connectivity index (χ0n) is 16.9. The summed E-state index contributed by atoms with van der Waals surface area (Å²) in [5.41, 5.74) is 0. The van der Waals surface area contributed by atoms with Crippen molar-refractivity contribution in [2.24, 2.45) is 0 Å². The van der Waals surface area contributed by atoms with Crippen molar-refractivity contribution in [3.63, 3.8) is 0 Å². The highest BCUT2D eigenvalue weighted by molar-refractivity contribution is 6.99. The third kappa shape index (κ3) is 4.31. The molecule has 0 unspecified atom stereocenters. The molecule has 2 atom stereocenters. The van der Waals surface area contributed by atoms with Gasteiger partial charge in [-0.15, -0.1) is 0 Å². The molecule has 0 aromatic heterocycles. The first kappa shape index (κ1) is 20.6. The first-order valence-corrected chi connectivity index (χ1v) is 11.9. The summed E-state index contributed by atoms with van der Waals surface area (Å²) < 4.78 is 12.2. The summed E-state index contributed by atoms with van der Waals surface area (Å²) in [7, 11) is -2.61. The molecule has 2 aromatic carbocycles. The van der Waals surface area contributed by atoms with Crippen LogP contribution in [0.15, 0.2) is 60.7 Å². The van der Waals surface area contributed by atoms with Crippen molar-refractivity contribution in [3.8, 4) is 0 Å². The molecule has 0 aliphatic heterocycles. The minimum atomic E-state index is -2.61. The van der Waals surface area contributed by atoms with Gasteiger partial charge in [-0.3, -0.25) is 0 Å². The number of carboxylic acid groups (broad SMARTS) is 1. The van der Waals surface area contributed by atoms with Crippen LogP contribution >= 0.6 is 0 Å². The number of benzene rings is 2. The SMILES string of the molecule is CC(C)(C)[Si](O[C@H]1CCC[C@@H](OC(=O)O)C1)(c1ccccc1)c1ccccc1. The van der Waals surface area contributed by atoms with Gasteiger partial charge in [0, 0.05) is 12.5 Å². The van der Waals surface area contributed by atoms with Crippen LogP contribution in [0.2, 0.25) is 5.04 Å². The van der Waals surface area contributed by atoms with Gasteiger partial charge in [-0.25, -0.2) is 4.79 Å². The minimum absolute atomic E-state index is 0.00981. The predicted octanol–water partition coefficient (Wildman–Crippen LogP) is 4.57. The standard InChI is InChI=1S/C23H30O4Si/c1-23(2,3)28(20-13-6-4-7-14-20,21-15-8-5-9-16-21)27-19-12-10-11-18(17-19)26-22(24)25/h4-9,13-16,18-19H,10-12,17H2,1-3H3,(H,24,25)/t18-,19+/m1/s1. The minimum Gasteiger partial charge on any atom is -0.450 e. The highest BCUT2D eigenvalue weighted by Gasteiger charge is 2.51. The van der Waals surface area contributed by atoms with E-state index in [2.05, 4.69) is 69.3 Å². The predicted molar refractivity (Wildman–Crippen MR) is 114 cm³/mol. The molecule has 0 spiro atoms. The molecule has 0 bridgehead atoms. The third-order valence-electron chi connectivity index (χ3n) is 5.61. The van der Waals surface area contributed by atoms with Gasteiger partial charge in [0.2, 0.25) is 0 Å². The summed E-state index contributed by atoms with van der Waals surface area (Å²) in [6.45, 7) is 6.77. The Hall–Kier alpha value is -2.11. The lowest BCUT2D eigenvalue weighted by atomic mass is 9.95. The van der Waals surface area contributed by atoms with E-state index in [0.29, 0.717) is 6.42 Å². The van der Waals surface area contributed by atoms with Crippen LogP contribution in [0.25, 0.3) is 0 Å². The highest BCUT2D eigenvalue weighted by atomic mass is 28.4. The van der Waals surface area contributed by atoms with Crippen molar-refractivity contribution in [2.45, 2.75) is 63.7 Å². The molecule has 1 fully saturated rings. The lowest BCUT2D eigenvalue weighted by Crippen LogP contribution is -2.68. The van der Waals surface area contributed by atoms with E-state index in [0.717, 1.165) is 19.3 Å². The Kier molecular flexibility index (Phi) is 6.25. The molecule has 3 rings (SSSR count). The second-order valence-electron chi connectivity index (χ2n) is 8.58. The summed E-state index contributed by atoms with van der Waals surface area (Å²) in [6.07, 6.45) is 1.75. The Balaban J connectivity index is 2.02. The molecule has 0 radical (unpaired) electrons. The number of rotatable bonds is 5. The largest absolute Gasteiger partial charge is 0.506 e. The molecule has 0 saturated heterocycles. The molecule has 4 nitrogen and oxygen atoms in total. The summed E-state index contributed by atoms with van der Waals surface area (Å²) in [4.78, 5) is 11.0. The first-order chi connectivity index (χ1) is 13.3. The van der Waals surface area contributed by atoms with Crippen molar-refractivity contribution < 1.29 is 19.1 Å². The Morgan fingerprint density at radius 2 is 1.43 bits per heavy atom. The zero-order chi connectivity index (χ0) is 20.2. The Bertz CT molecular complexity index is 731. The molecular formula is C23H30O4Si. The third-order valence-corrected chi connectivity index (χ3v) is 10.7. The molecule has 0 amide bonds. The molecule has 150 valence electrons. The normalized spacial score (nSPS) is 20.5. The van der Waals surface area contributed by atoms with Gasteiger partial charge in [-0.05, 0) is 34.7 Å². The first-order valence-electron chi connectivity index (χ1n) is 10.0. The second kappa shape index (κ2) is 8.49. The number of carbonyl (C=O) groups is 1. The van der Waals surface area contributed by atoms with Crippen LogP contribution in [-0.4, -0.2) is 31.8 Å². The fourth-order valence-corrected chi connectivity index (χ4v) is 9.13. The Morgan fingerprint density at radius 3 is 1.89 bits per heavy atom.